The normalized spacial score (nSPS) is 11.5. The molecule has 2 nitrogen and oxygen atoms in total. The largest absolute Gasteiger partial charge is 0.405 e. The quantitative estimate of drug-likeness (QED) is 0.781. The van der Waals surface area contributed by atoms with Gasteiger partial charge in [-0.05, 0) is 19.1 Å². The summed E-state index contributed by atoms with van der Waals surface area (Å²) in [7, 11) is 0. The standard InChI is InChI=1S/C8H8ClF3N2/c1-5-2-6(3-7(9)14-5)13-4-8(10,11)12/h2-3H,4H2,1H3,(H,13,14). The Kier molecular flexibility index (Phi) is 3.21. The van der Waals surface area contributed by atoms with Crippen LogP contribution >= 0.6 is 11.6 Å². The molecule has 14 heavy (non-hydrogen) atoms. The molecule has 0 aromatic carbocycles. The van der Waals surface area contributed by atoms with Crippen molar-refractivity contribution in [3.8, 4) is 0 Å². The fraction of sp³-hybridized carbons (Fsp3) is 0.375. The predicted octanol–water partition coefficient (Wildman–Crippen LogP) is 3.02. The number of halogens is 4. The minimum absolute atomic E-state index is 0.176. The molecule has 0 saturated heterocycles. The summed E-state index contributed by atoms with van der Waals surface area (Å²) in [6.45, 7) is 0.581. The Morgan fingerprint density at radius 3 is 2.57 bits per heavy atom. The van der Waals surface area contributed by atoms with Crippen LogP contribution in [0.2, 0.25) is 5.15 Å². The van der Waals surface area contributed by atoms with Gasteiger partial charge in [-0.1, -0.05) is 11.6 Å². The molecule has 0 aliphatic carbocycles. The van der Waals surface area contributed by atoms with E-state index < -0.39 is 12.7 Å². The van der Waals surface area contributed by atoms with Crippen molar-refractivity contribution in [2.75, 3.05) is 11.9 Å². The molecule has 0 fully saturated rings. The first-order chi connectivity index (χ1) is 6.37. The number of nitrogens with one attached hydrogen (secondary N) is 1. The van der Waals surface area contributed by atoms with Crippen LogP contribution in [0.1, 0.15) is 5.69 Å². The maximum absolute atomic E-state index is 11.8. The van der Waals surface area contributed by atoms with Crippen molar-refractivity contribution in [1.82, 2.24) is 4.98 Å². The number of alkyl halides is 3. The average Bonchev–Trinajstić information content (AvgIpc) is 1.97. The molecule has 0 saturated carbocycles. The fourth-order valence-corrected chi connectivity index (χ4v) is 1.18. The van der Waals surface area contributed by atoms with Gasteiger partial charge in [-0.25, -0.2) is 4.98 Å². The lowest BCUT2D eigenvalue weighted by Gasteiger charge is -2.09. The van der Waals surface area contributed by atoms with Crippen molar-refractivity contribution in [2.24, 2.45) is 0 Å². The van der Waals surface area contributed by atoms with Gasteiger partial charge in [-0.2, -0.15) is 13.2 Å². The number of nitrogens with zero attached hydrogens (tertiary/aromatic N) is 1. The predicted molar refractivity (Wildman–Crippen MR) is 48.5 cm³/mol. The zero-order valence-electron chi connectivity index (χ0n) is 7.32. The van der Waals surface area contributed by atoms with E-state index in [0.29, 0.717) is 11.4 Å². The van der Waals surface area contributed by atoms with Crippen LogP contribution in [0.5, 0.6) is 0 Å². The number of pyridine rings is 1. The van der Waals surface area contributed by atoms with E-state index in [-0.39, 0.29) is 5.15 Å². The van der Waals surface area contributed by atoms with Gasteiger partial charge in [-0.15, -0.1) is 0 Å². The highest BCUT2D eigenvalue weighted by atomic mass is 35.5. The second-order valence-corrected chi connectivity index (χ2v) is 3.18. The summed E-state index contributed by atoms with van der Waals surface area (Å²) < 4.78 is 35.5. The van der Waals surface area contributed by atoms with Gasteiger partial charge >= 0.3 is 6.18 Å². The van der Waals surface area contributed by atoms with E-state index in [1.54, 1.807) is 6.92 Å². The van der Waals surface area contributed by atoms with E-state index in [9.17, 15) is 13.2 Å². The van der Waals surface area contributed by atoms with Crippen molar-refractivity contribution >= 4 is 17.3 Å². The molecule has 0 aliphatic heterocycles. The molecule has 1 rings (SSSR count). The monoisotopic (exact) mass is 224 g/mol. The molecule has 0 bridgehead atoms. The number of hydrogen-bond donors (Lipinski definition) is 1. The first kappa shape index (κ1) is 11.1. The van der Waals surface area contributed by atoms with Crippen molar-refractivity contribution in [3.05, 3.63) is 23.0 Å². The molecular formula is C8H8ClF3N2. The van der Waals surface area contributed by atoms with E-state index in [2.05, 4.69) is 10.3 Å². The highest BCUT2D eigenvalue weighted by Gasteiger charge is 2.26. The second-order valence-electron chi connectivity index (χ2n) is 2.79. The van der Waals surface area contributed by atoms with Gasteiger partial charge in [0.25, 0.3) is 0 Å². The van der Waals surface area contributed by atoms with E-state index in [0.717, 1.165) is 0 Å². The number of aromatic nitrogens is 1. The molecule has 1 aromatic rings. The van der Waals surface area contributed by atoms with Crippen LogP contribution in [0.3, 0.4) is 0 Å². The lowest BCUT2D eigenvalue weighted by Crippen LogP contribution is -2.21. The lowest BCUT2D eigenvalue weighted by molar-refractivity contribution is -0.115. The number of hydrogen-bond acceptors (Lipinski definition) is 2. The molecule has 1 heterocycles. The van der Waals surface area contributed by atoms with Gasteiger partial charge in [0.05, 0.1) is 0 Å². The van der Waals surface area contributed by atoms with E-state index >= 15 is 0 Å². The summed E-state index contributed by atoms with van der Waals surface area (Å²) in [6, 6.07) is 2.85. The Hall–Kier alpha value is -0.970. The van der Waals surface area contributed by atoms with Gasteiger partial charge < -0.3 is 5.32 Å². The van der Waals surface area contributed by atoms with Gasteiger partial charge in [0, 0.05) is 11.4 Å². The van der Waals surface area contributed by atoms with Gasteiger partial charge in [0.2, 0.25) is 0 Å². The lowest BCUT2D eigenvalue weighted by atomic mass is 10.3. The minimum atomic E-state index is -4.23. The third kappa shape index (κ3) is 3.83. The van der Waals surface area contributed by atoms with Crippen LogP contribution in [-0.2, 0) is 0 Å². The molecule has 0 spiro atoms. The SMILES string of the molecule is Cc1cc(NCC(F)(F)F)cc(Cl)n1. The van der Waals surface area contributed by atoms with Crippen molar-refractivity contribution in [3.63, 3.8) is 0 Å². The van der Waals surface area contributed by atoms with Gasteiger partial charge in [0.1, 0.15) is 11.7 Å². The van der Waals surface area contributed by atoms with E-state index in [1.165, 1.54) is 12.1 Å². The molecule has 0 aliphatic rings. The summed E-state index contributed by atoms with van der Waals surface area (Å²) >= 11 is 5.57. The maximum Gasteiger partial charge on any atom is 0.405 e. The van der Waals surface area contributed by atoms with E-state index in [1.807, 2.05) is 0 Å². The first-order valence-corrected chi connectivity index (χ1v) is 4.19. The Morgan fingerprint density at radius 1 is 1.43 bits per heavy atom. The third-order valence-electron chi connectivity index (χ3n) is 1.42. The van der Waals surface area contributed by atoms with Crippen LogP contribution in [0, 0.1) is 6.92 Å². The molecule has 6 heteroatoms. The second kappa shape index (κ2) is 4.04. The molecule has 0 amide bonds. The Labute approximate surface area is 84.1 Å². The minimum Gasteiger partial charge on any atom is -0.376 e. The summed E-state index contributed by atoms with van der Waals surface area (Å²) in [5.41, 5.74) is 0.891. The van der Waals surface area contributed by atoms with Crippen molar-refractivity contribution < 1.29 is 13.2 Å². The summed E-state index contributed by atoms with van der Waals surface area (Å²) in [5.74, 6) is 0. The van der Waals surface area contributed by atoms with Gasteiger partial charge in [-0.3, -0.25) is 0 Å². The zero-order chi connectivity index (χ0) is 10.8. The van der Waals surface area contributed by atoms with Crippen LogP contribution in [-0.4, -0.2) is 17.7 Å². The summed E-state index contributed by atoms with van der Waals surface area (Å²) in [4.78, 5) is 3.82. The highest BCUT2D eigenvalue weighted by Crippen LogP contribution is 2.19. The Bertz CT molecular complexity index is 305. The first-order valence-electron chi connectivity index (χ1n) is 3.81. The third-order valence-corrected chi connectivity index (χ3v) is 1.61. The molecule has 1 aromatic heterocycles. The summed E-state index contributed by atoms with van der Waals surface area (Å²) in [5, 5.41) is 2.39. The van der Waals surface area contributed by atoms with Gasteiger partial charge in [0.15, 0.2) is 0 Å². The van der Waals surface area contributed by atoms with Crippen molar-refractivity contribution in [2.45, 2.75) is 13.1 Å². The van der Waals surface area contributed by atoms with Crippen LogP contribution in [0.4, 0.5) is 18.9 Å². The maximum atomic E-state index is 11.8. The zero-order valence-corrected chi connectivity index (χ0v) is 8.08. The fourth-order valence-electron chi connectivity index (χ4n) is 0.932. The van der Waals surface area contributed by atoms with Crippen LogP contribution in [0.15, 0.2) is 12.1 Å². The molecule has 78 valence electrons. The van der Waals surface area contributed by atoms with Crippen molar-refractivity contribution in [1.29, 1.82) is 0 Å². The molecule has 0 unspecified atom stereocenters. The smallest absolute Gasteiger partial charge is 0.376 e. The van der Waals surface area contributed by atoms with E-state index in [4.69, 9.17) is 11.6 Å². The number of anilines is 1. The molecule has 0 radical (unpaired) electrons. The molecule has 0 atom stereocenters. The average molecular weight is 225 g/mol. The topological polar surface area (TPSA) is 24.9 Å². The Balaban J connectivity index is 2.68. The molecule has 1 N–H and O–H groups in total. The Morgan fingerprint density at radius 2 is 2.07 bits per heavy atom. The highest BCUT2D eigenvalue weighted by molar-refractivity contribution is 6.29. The summed E-state index contributed by atoms with van der Waals surface area (Å²) in [6.07, 6.45) is -4.23. The molecular weight excluding hydrogens is 217 g/mol. The number of rotatable bonds is 2. The number of aryl methyl sites for hydroxylation is 1. The van der Waals surface area contributed by atoms with Crippen LogP contribution in [0.25, 0.3) is 0 Å². The van der Waals surface area contributed by atoms with Crippen LogP contribution < -0.4 is 5.32 Å².